The fraction of sp³-hybridized carbons (Fsp3) is 0.188. The number of amides is 1. The summed E-state index contributed by atoms with van der Waals surface area (Å²) in [6.45, 7) is 2.15. The highest BCUT2D eigenvalue weighted by molar-refractivity contribution is 6.04. The summed E-state index contributed by atoms with van der Waals surface area (Å²) in [6, 6.07) is 10.6. The molecule has 0 aliphatic rings. The third kappa shape index (κ3) is 3.72. The van der Waals surface area contributed by atoms with E-state index in [1.807, 2.05) is 13.0 Å². The van der Waals surface area contributed by atoms with Crippen LogP contribution >= 0.6 is 0 Å². The van der Waals surface area contributed by atoms with E-state index in [4.69, 9.17) is 4.74 Å². The second-order valence-corrected chi connectivity index (χ2v) is 5.21. The van der Waals surface area contributed by atoms with Crippen molar-refractivity contribution in [3.8, 4) is 5.75 Å². The molecule has 24 heavy (non-hydrogen) atoms. The van der Waals surface area contributed by atoms with Gasteiger partial charge >= 0.3 is 0 Å². The van der Waals surface area contributed by atoms with Gasteiger partial charge in [0, 0.05) is 18.8 Å². The summed E-state index contributed by atoms with van der Waals surface area (Å²) in [5.74, 6) is 1.41. The highest BCUT2D eigenvalue weighted by atomic mass is 16.5. The molecule has 0 aliphatic heterocycles. The van der Waals surface area contributed by atoms with Crippen molar-refractivity contribution in [1.82, 2.24) is 25.2 Å². The fourth-order valence-corrected chi connectivity index (χ4v) is 2.04. The van der Waals surface area contributed by atoms with Crippen LogP contribution < -0.4 is 10.1 Å². The summed E-state index contributed by atoms with van der Waals surface area (Å²) in [6.07, 6.45) is 1.65. The van der Waals surface area contributed by atoms with Gasteiger partial charge in [0.1, 0.15) is 18.2 Å². The smallest absolute Gasteiger partial charge is 0.256 e. The molecule has 0 saturated heterocycles. The van der Waals surface area contributed by atoms with Crippen molar-refractivity contribution in [3.05, 3.63) is 59.5 Å². The van der Waals surface area contributed by atoms with Gasteiger partial charge in [-0.05, 0) is 53.2 Å². The Morgan fingerprint density at radius 3 is 2.92 bits per heavy atom. The molecule has 0 spiro atoms. The normalized spacial score (nSPS) is 10.4. The Morgan fingerprint density at radius 1 is 1.29 bits per heavy atom. The molecule has 1 amide bonds. The molecule has 1 N–H and O–H groups in total. The number of ether oxygens (including phenoxy) is 1. The third-order valence-electron chi connectivity index (χ3n) is 3.33. The quantitative estimate of drug-likeness (QED) is 0.768. The lowest BCUT2D eigenvalue weighted by atomic mass is 10.2. The fourth-order valence-electron chi connectivity index (χ4n) is 2.04. The molecular formula is C16H16N6O2. The van der Waals surface area contributed by atoms with E-state index in [0.717, 1.165) is 5.56 Å². The van der Waals surface area contributed by atoms with E-state index in [9.17, 15) is 4.79 Å². The van der Waals surface area contributed by atoms with Gasteiger partial charge in [-0.2, -0.15) is 0 Å². The number of hydrogen-bond donors (Lipinski definition) is 1. The van der Waals surface area contributed by atoms with Gasteiger partial charge in [-0.25, -0.2) is 9.67 Å². The first kappa shape index (κ1) is 15.6. The number of anilines is 1. The van der Waals surface area contributed by atoms with Crippen molar-refractivity contribution in [2.75, 3.05) is 5.32 Å². The minimum absolute atomic E-state index is 0.216. The second-order valence-electron chi connectivity index (χ2n) is 5.21. The number of nitrogens with zero attached hydrogens (tertiary/aromatic N) is 5. The van der Waals surface area contributed by atoms with Gasteiger partial charge in [0.15, 0.2) is 5.82 Å². The maximum Gasteiger partial charge on any atom is 0.256 e. The lowest BCUT2D eigenvalue weighted by Gasteiger charge is -2.08. The maximum atomic E-state index is 12.3. The molecule has 3 aromatic rings. The molecule has 0 saturated carbocycles. The molecule has 0 atom stereocenters. The standard InChI is InChI=1S/C16H16N6O2/c1-11-6-7-17-14(8-11)18-16(23)12-4-3-5-13(9-12)24-10-15-19-20-21-22(15)2/h3-9H,10H2,1-2H3,(H,17,18,23). The summed E-state index contributed by atoms with van der Waals surface area (Å²) in [5, 5.41) is 13.9. The summed E-state index contributed by atoms with van der Waals surface area (Å²) < 4.78 is 7.16. The minimum Gasteiger partial charge on any atom is -0.486 e. The lowest BCUT2D eigenvalue weighted by molar-refractivity contribution is 0.102. The summed E-state index contributed by atoms with van der Waals surface area (Å²) in [7, 11) is 1.73. The molecule has 0 bridgehead atoms. The van der Waals surface area contributed by atoms with Crippen molar-refractivity contribution < 1.29 is 9.53 Å². The average molecular weight is 324 g/mol. The maximum absolute atomic E-state index is 12.3. The van der Waals surface area contributed by atoms with Crippen LogP contribution in [0.5, 0.6) is 5.75 Å². The van der Waals surface area contributed by atoms with E-state index in [0.29, 0.717) is 23.0 Å². The van der Waals surface area contributed by atoms with E-state index in [1.165, 1.54) is 4.68 Å². The number of benzene rings is 1. The van der Waals surface area contributed by atoms with Crippen molar-refractivity contribution in [1.29, 1.82) is 0 Å². The minimum atomic E-state index is -0.251. The molecule has 8 heteroatoms. The molecule has 0 aliphatic carbocycles. The van der Waals surface area contributed by atoms with E-state index in [-0.39, 0.29) is 12.5 Å². The number of pyridine rings is 1. The molecular weight excluding hydrogens is 308 g/mol. The molecule has 0 unspecified atom stereocenters. The van der Waals surface area contributed by atoms with Crippen LogP contribution in [0.25, 0.3) is 0 Å². The number of carbonyl (C=O) groups is 1. The van der Waals surface area contributed by atoms with Crippen LogP contribution in [0, 0.1) is 6.92 Å². The number of nitrogens with one attached hydrogen (secondary N) is 1. The zero-order valence-corrected chi connectivity index (χ0v) is 13.3. The predicted octanol–water partition coefficient (Wildman–Crippen LogP) is 1.74. The van der Waals surface area contributed by atoms with Gasteiger partial charge < -0.3 is 10.1 Å². The zero-order valence-electron chi connectivity index (χ0n) is 13.3. The number of tetrazole rings is 1. The summed E-state index contributed by atoms with van der Waals surface area (Å²) in [5.41, 5.74) is 1.50. The zero-order chi connectivity index (χ0) is 16.9. The molecule has 2 heterocycles. The molecule has 1 aromatic carbocycles. The van der Waals surface area contributed by atoms with Crippen LogP contribution in [0.4, 0.5) is 5.82 Å². The second kappa shape index (κ2) is 6.86. The Bertz CT molecular complexity index is 861. The van der Waals surface area contributed by atoms with Gasteiger partial charge in [-0.1, -0.05) is 6.07 Å². The van der Waals surface area contributed by atoms with Crippen LogP contribution in [0.1, 0.15) is 21.7 Å². The third-order valence-corrected chi connectivity index (χ3v) is 3.33. The summed E-state index contributed by atoms with van der Waals surface area (Å²) in [4.78, 5) is 16.4. The first-order valence-corrected chi connectivity index (χ1v) is 7.30. The van der Waals surface area contributed by atoms with Crippen LogP contribution in [-0.2, 0) is 13.7 Å². The number of hydrogen-bond acceptors (Lipinski definition) is 6. The largest absolute Gasteiger partial charge is 0.486 e. The van der Waals surface area contributed by atoms with Gasteiger partial charge in [0.25, 0.3) is 5.91 Å². The highest BCUT2D eigenvalue weighted by Gasteiger charge is 2.09. The van der Waals surface area contributed by atoms with Gasteiger partial charge in [0.2, 0.25) is 0 Å². The van der Waals surface area contributed by atoms with Crippen LogP contribution in [-0.4, -0.2) is 31.1 Å². The number of carbonyl (C=O) groups excluding carboxylic acids is 1. The number of aryl methyl sites for hydroxylation is 2. The predicted molar refractivity (Wildman–Crippen MR) is 86.5 cm³/mol. The van der Waals surface area contributed by atoms with E-state index in [2.05, 4.69) is 25.8 Å². The van der Waals surface area contributed by atoms with E-state index >= 15 is 0 Å². The van der Waals surface area contributed by atoms with E-state index in [1.54, 1.807) is 43.6 Å². The van der Waals surface area contributed by atoms with Gasteiger partial charge in [-0.15, -0.1) is 5.10 Å². The Kier molecular flexibility index (Phi) is 4.46. The lowest BCUT2D eigenvalue weighted by Crippen LogP contribution is -2.13. The average Bonchev–Trinajstić information content (AvgIpc) is 2.98. The number of aromatic nitrogens is 5. The molecule has 8 nitrogen and oxygen atoms in total. The van der Waals surface area contributed by atoms with Crippen LogP contribution in [0.3, 0.4) is 0 Å². The monoisotopic (exact) mass is 324 g/mol. The Hall–Kier alpha value is -3.29. The first-order valence-electron chi connectivity index (χ1n) is 7.30. The highest BCUT2D eigenvalue weighted by Crippen LogP contribution is 2.16. The van der Waals surface area contributed by atoms with Crippen molar-refractivity contribution in [2.45, 2.75) is 13.5 Å². The van der Waals surface area contributed by atoms with Crippen LogP contribution in [0.15, 0.2) is 42.6 Å². The van der Waals surface area contributed by atoms with Crippen LogP contribution in [0.2, 0.25) is 0 Å². The van der Waals surface area contributed by atoms with Crippen molar-refractivity contribution in [2.24, 2.45) is 7.05 Å². The molecule has 122 valence electrons. The SMILES string of the molecule is Cc1ccnc(NC(=O)c2cccc(OCc3nnnn3C)c2)c1. The summed E-state index contributed by atoms with van der Waals surface area (Å²) >= 11 is 0. The molecule has 2 aromatic heterocycles. The van der Waals surface area contributed by atoms with E-state index < -0.39 is 0 Å². The molecule has 0 fully saturated rings. The first-order chi connectivity index (χ1) is 11.6. The molecule has 3 rings (SSSR count). The Balaban J connectivity index is 1.68. The van der Waals surface area contributed by atoms with Crippen molar-refractivity contribution >= 4 is 11.7 Å². The number of rotatable bonds is 5. The van der Waals surface area contributed by atoms with Gasteiger partial charge in [-0.3, -0.25) is 4.79 Å². The van der Waals surface area contributed by atoms with Gasteiger partial charge in [0.05, 0.1) is 0 Å². The molecule has 0 radical (unpaired) electrons. The Morgan fingerprint density at radius 2 is 2.17 bits per heavy atom. The Labute approximate surface area is 138 Å². The van der Waals surface area contributed by atoms with Crippen molar-refractivity contribution in [3.63, 3.8) is 0 Å². The topological polar surface area (TPSA) is 94.8 Å².